The molecule has 4 rings (SSSR count). The van der Waals surface area contributed by atoms with Crippen LogP contribution in [0.3, 0.4) is 0 Å². The zero-order valence-corrected chi connectivity index (χ0v) is 14.5. The van der Waals surface area contributed by atoms with E-state index in [1.165, 1.54) is 11.3 Å². The van der Waals surface area contributed by atoms with Crippen LogP contribution in [-0.2, 0) is 0 Å². The van der Waals surface area contributed by atoms with Crippen LogP contribution < -0.4 is 16.1 Å². The van der Waals surface area contributed by atoms with Crippen LogP contribution in [0.25, 0.3) is 11.0 Å². The number of allylic oxidation sites excluding steroid dienone is 1. The maximum absolute atomic E-state index is 12.6. The Morgan fingerprint density at radius 3 is 2.83 bits per heavy atom. The van der Waals surface area contributed by atoms with E-state index in [1.807, 2.05) is 17.5 Å². The molecule has 0 saturated heterocycles. The topological polar surface area (TPSA) is 89.3 Å². The number of halogens is 1. The number of benzene rings is 1. The van der Waals surface area contributed by atoms with Crippen molar-refractivity contribution >= 4 is 38.2 Å². The zero-order valence-electron chi connectivity index (χ0n) is 12.1. The Morgan fingerprint density at radius 2 is 2.12 bits per heavy atom. The van der Waals surface area contributed by atoms with Crippen LogP contribution in [0.1, 0.15) is 16.4 Å². The van der Waals surface area contributed by atoms with Gasteiger partial charge in [0.25, 0.3) is 0 Å². The van der Waals surface area contributed by atoms with Crippen LogP contribution in [0.4, 0.5) is 0 Å². The van der Waals surface area contributed by atoms with E-state index in [0.29, 0.717) is 22.3 Å². The van der Waals surface area contributed by atoms with E-state index in [-0.39, 0.29) is 11.5 Å². The molecule has 2 N–H and O–H groups in total. The highest BCUT2D eigenvalue weighted by atomic mass is 79.9. The summed E-state index contributed by atoms with van der Waals surface area (Å²) < 4.78 is 12.0. The standard InChI is InChI=1S/C17H9BrN2O3S/c18-8-5-12(24-7-8)13-10(6-19)16(20)23-15-9-3-1-2-4-11(9)22-17(21)14(13)15/h1-5,7,13H,20H2/t13-/m0/s1. The molecule has 1 atom stereocenters. The van der Waals surface area contributed by atoms with Crippen LogP contribution in [0.2, 0.25) is 0 Å². The van der Waals surface area contributed by atoms with E-state index in [0.717, 1.165) is 9.35 Å². The molecular formula is C17H9BrN2O3S. The fraction of sp³-hybridized carbons (Fsp3) is 0.0588. The molecule has 1 aliphatic rings. The summed E-state index contributed by atoms with van der Waals surface area (Å²) in [6, 6.07) is 11.0. The number of thiophene rings is 1. The van der Waals surface area contributed by atoms with Gasteiger partial charge in [0.1, 0.15) is 17.2 Å². The van der Waals surface area contributed by atoms with Crippen LogP contribution in [0.15, 0.2) is 60.9 Å². The maximum Gasteiger partial charge on any atom is 0.344 e. The zero-order chi connectivity index (χ0) is 16.8. The first kappa shape index (κ1) is 15.0. The Bertz CT molecular complexity index is 1110. The van der Waals surface area contributed by atoms with Gasteiger partial charge in [-0.1, -0.05) is 12.1 Å². The Morgan fingerprint density at radius 1 is 1.33 bits per heavy atom. The second-order valence-corrected chi connectivity index (χ2v) is 7.08. The van der Waals surface area contributed by atoms with Gasteiger partial charge in [0.2, 0.25) is 5.88 Å². The highest BCUT2D eigenvalue weighted by Gasteiger charge is 2.36. The predicted octanol–water partition coefficient (Wildman–Crippen LogP) is 3.84. The van der Waals surface area contributed by atoms with E-state index in [2.05, 4.69) is 22.0 Å². The number of hydrogen-bond acceptors (Lipinski definition) is 6. The van der Waals surface area contributed by atoms with E-state index < -0.39 is 11.5 Å². The Kier molecular flexibility index (Phi) is 3.44. The Labute approximate surface area is 148 Å². The third-order valence-electron chi connectivity index (χ3n) is 3.85. The summed E-state index contributed by atoms with van der Waals surface area (Å²) in [4.78, 5) is 13.4. The van der Waals surface area contributed by atoms with Gasteiger partial charge >= 0.3 is 5.63 Å². The van der Waals surface area contributed by atoms with Crippen LogP contribution >= 0.6 is 27.3 Å². The molecule has 0 fully saturated rings. The van der Waals surface area contributed by atoms with Gasteiger partial charge in [-0.2, -0.15) is 5.26 Å². The van der Waals surface area contributed by atoms with Gasteiger partial charge in [-0.05, 0) is 34.1 Å². The smallest absolute Gasteiger partial charge is 0.344 e. The van der Waals surface area contributed by atoms with Crippen molar-refractivity contribution in [2.45, 2.75) is 5.92 Å². The molecule has 0 radical (unpaired) electrons. The first-order valence-electron chi connectivity index (χ1n) is 6.97. The van der Waals surface area contributed by atoms with Crippen molar-refractivity contribution in [2.75, 3.05) is 0 Å². The summed E-state index contributed by atoms with van der Waals surface area (Å²) in [5.74, 6) is -0.237. The third-order valence-corrected chi connectivity index (χ3v) is 5.60. The fourth-order valence-corrected chi connectivity index (χ4v) is 4.39. The largest absolute Gasteiger partial charge is 0.439 e. The van der Waals surface area contributed by atoms with Crippen LogP contribution in [-0.4, -0.2) is 0 Å². The molecule has 0 saturated carbocycles. The summed E-state index contributed by atoms with van der Waals surface area (Å²) in [5.41, 5.74) is 6.37. The highest BCUT2D eigenvalue weighted by molar-refractivity contribution is 9.10. The van der Waals surface area contributed by atoms with Crippen LogP contribution in [0.5, 0.6) is 5.75 Å². The fourth-order valence-electron chi connectivity index (χ4n) is 2.83. The molecule has 3 heterocycles. The van der Waals surface area contributed by atoms with Gasteiger partial charge in [0.15, 0.2) is 5.75 Å². The first-order chi connectivity index (χ1) is 11.6. The quantitative estimate of drug-likeness (QED) is 0.626. The number of nitriles is 1. The van der Waals surface area contributed by atoms with Gasteiger partial charge < -0.3 is 14.9 Å². The molecule has 1 aromatic carbocycles. The number of nitrogens with zero attached hydrogens (tertiary/aromatic N) is 1. The minimum Gasteiger partial charge on any atom is -0.439 e. The van der Waals surface area contributed by atoms with E-state index >= 15 is 0 Å². The molecule has 3 aromatic rings. The molecule has 5 nitrogen and oxygen atoms in total. The average molecular weight is 401 g/mol. The lowest BCUT2D eigenvalue weighted by Gasteiger charge is -2.24. The van der Waals surface area contributed by atoms with Gasteiger partial charge in [-0.15, -0.1) is 11.3 Å². The molecular weight excluding hydrogens is 392 g/mol. The van der Waals surface area contributed by atoms with E-state index in [1.54, 1.807) is 18.2 Å². The minimum absolute atomic E-state index is 0.00951. The van der Waals surface area contributed by atoms with Crippen LogP contribution in [0, 0.1) is 11.3 Å². The number of para-hydroxylation sites is 1. The predicted molar refractivity (Wildman–Crippen MR) is 93.8 cm³/mol. The van der Waals surface area contributed by atoms with Crippen molar-refractivity contribution in [1.29, 1.82) is 5.26 Å². The lowest BCUT2D eigenvalue weighted by molar-refractivity contribution is 0.388. The number of fused-ring (bicyclic) bond motifs is 3. The molecule has 0 amide bonds. The summed E-state index contributed by atoms with van der Waals surface area (Å²) in [6.45, 7) is 0. The van der Waals surface area contributed by atoms with Gasteiger partial charge in [-0.25, -0.2) is 4.79 Å². The normalized spacial score (nSPS) is 16.6. The Hall–Kier alpha value is -2.56. The van der Waals surface area contributed by atoms with Crippen molar-refractivity contribution in [3.05, 3.63) is 72.5 Å². The molecule has 0 unspecified atom stereocenters. The number of rotatable bonds is 1. The van der Waals surface area contributed by atoms with Crippen molar-refractivity contribution in [3.8, 4) is 11.8 Å². The van der Waals surface area contributed by atoms with E-state index in [9.17, 15) is 10.1 Å². The monoisotopic (exact) mass is 400 g/mol. The average Bonchev–Trinajstić information content (AvgIpc) is 3.00. The lowest BCUT2D eigenvalue weighted by atomic mass is 9.88. The summed E-state index contributed by atoms with van der Waals surface area (Å²) in [5, 5.41) is 12.1. The molecule has 0 spiro atoms. The molecule has 118 valence electrons. The number of hydrogen-bond donors (Lipinski definition) is 1. The maximum atomic E-state index is 12.6. The third kappa shape index (κ3) is 2.15. The molecule has 2 aromatic heterocycles. The van der Waals surface area contributed by atoms with Gasteiger partial charge in [0.05, 0.1) is 16.9 Å². The summed E-state index contributed by atoms with van der Waals surface area (Å²) in [7, 11) is 0. The second-order valence-electron chi connectivity index (χ2n) is 5.22. The van der Waals surface area contributed by atoms with Gasteiger partial charge in [0, 0.05) is 14.7 Å². The molecule has 7 heteroatoms. The first-order valence-corrected chi connectivity index (χ1v) is 8.64. The molecule has 24 heavy (non-hydrogen) atoms. The molecule has 1 aliphatic heterocycles. The second kappa shape index (κ2) is 5.51. The highest BCUT2D eigenvalue weighted by Crippen LogP contribution is 2.45. The van der Waals surface area contributed by atoms with Crippen molar-refractivity contribution < 1.29 is 9.15 Å². The minimum atomic E-state index is -0.601. The molecule has 0 aliphatic carbocycles. The van der Waals surface area contributed by atoms with Gasteiger partial charge in [-0.3, -0.25) is 0 Å². The summed E-state index contributed by atoms with van der Waals surface area (Å²) >= 11 is 4.83. The van der Waals surface area contributed by atoms with E-state index in [4.69, 9.17) is 14.9 Å². The van der Waals surface area contributed by atoms with Crippen molar-refractivity contribution in [2.24, 2.45) is 5.73 Å². The Balaban J connectivity index is 2.10. The number of ether oxygens (including phenoxy) is 1. The SMILES string of the molecule is N#CC1=C(N)Oc2c(c(=O)oc3ccccc23)[C@@H]1c1cc(Br)cs1. The van der Waals surface area contributed by atoms with Crippen molar-refractivity contribution in [3.63, 3.8) is 0 Å². The number of nitrogens with two attached hydrogens (primary N) is 1. The summed E-state index contributed by atoms with van der Waals surface area (Å²) in [6.07, 6.45) is 0. The molecule has 0 bridgehead atoms. The van der Waals surface area contributed by atoms with Crippen molar-refractivity contribution in [1.82, 2.24) is 0 Å². The lowest BCUT2D eigenvalue weighted by Crippen LogP contribution is -2.25.